The summed E-state index contributed by atoms with van der Waals surface area (Å²) in [4.78, 5) is 23.4. The predicted octanol–water partition coefficient (Wildman–Crippen LogP) is 3.15. The lowest BCUT2D eigenvalue weighted by Gasteiger charge is -2.63. The zero-order chi connectivity index (χ0) is 36.2. The molecule has 17 atom stereocenters. The smallest absolute Gasteiger partial charge is 0.317 e. The van der Waals surface area contributed by atoms with Crippen molar-refractivity contribution in [3.63, 3.8) is 0 Å². The van der Waals surface area contributed by atoms with Crippen molar-refractivity contribution in [3.8, 4) is 0 Å². The molecule has 0 bridgehead atoms. The van der Waals surface area contributed by atoms with Gasteiger partial charge in [0.1, 0.15) is 30.8 Å². The van der Waals surface area contributed by atoms with Crippen LogP contribution in [0.1, 0.15) is 106 Å². The van der Waals surface area contributed by atoms with Crippen LogP contribution in [-0.2, 0) is 33.3 Å². The summed E-state index contributed by atoms with van der Waals surface area (Å²) in [5.74, 6) is -2.96. The number of aliphatic hydroxyl groups excluding tert-OH is 3. The van der Waals surface area contributed by atoms with Gasteiger partial charge in [-0.3, -0.25) is 9.59 Å². The molecule has 3 aliphatic heterocycles. The second-order valence-electron chi connectivity index (χ2n) is 19.3. The third-order valence-electron chi connectivity index (χ3n) is 16.6. The molecule has 0 radical (unpaired) electrons. The van der Waals surface area contributed by atoms with E-state index in [-0.39, 0.29) is 57.7 Å². The Kier molecular flexibility index (Phi) is 7.74. The third kappa shape index (κ3) is 4.39. The van der Waals surface area contributed by atoms with E-state index in [9.17, 15) is 30.0 Å². The number of carbonyl (C=O) groups is 2. The zero-order valence-corrected chi connectivity index (χ0v) is 30.6. The van der Waals surface area contributed by atoms with Crippen molar-refractivity contribution in [3.05, 3.63) is 0 Å². The van der Waals surface area contributed by atoms with Crippen molar-refractivity contribution in [2.24, 2.45) is 50.7 Å². The number of rotatable bonds is 5. The van der Waals surface area contributed by atoms with Crippen LogP contribution in [0.3, 0.4) is 0 Å². The molecule has 0 amide bonds. The first kappa shape index (κ1) is 35.6. The van der Waals surface area contributed by atoms with Gasteiger partial charge in [0.15, 0.2) is 12.4 Å². The number of esters is 1. The van der Waals surface area contributed by atoms with Gasteiger partial charge in [0, 0.05) is 0 Å². The Morgan fingerprint density at radius 3 is 2.26 bits per heavy atom. The number of carbonyl (C=O) groups excluding carboxylic acids is 1. The van der Waals surface area contributed by atoms with E-state index < -0.39 is 66.6 Å². The minimum Gasteiger partial charge on any atom is -0.481 e. The monoisotopic (exact) mass is 706 g/mol. The number of aliphatic carboxylic acids is 1. The first-order valence-electron chi connectivity index (χ1n) is 19.0. The molecule has 5 aliphatic carbocycles. The minimum absolute atomic E-state index is 0.00136. The Morgan fingerprint density at radius 1 is 0.880 bits per heavy atom. The van der Waals surface area contributed by atoms with Crippen LogP contribution in [0.15, 0.2) is 0 Å². The summed E-state index contributed by atoms with van der Waals surface area (Å²) in [5, 5.41) is 53.1. The van der Waals surface area contributed by atoms with Gasteiger partial charge in [0.25, 0.3) is 0 Å². The van der Waals surface area contributed by atoms with Gasteiger partial charge in [0.05, 0.1) is 24.4 Å². The molecule has 0 aromatic heterocycles. The number of hydrogen-bond acceptors (Lipinski definition) is 11. The quantitative estimate of drug-likeness (QED) is 0.160. The SMILES string of the molecule is CC1C2OC(C)(C)C(O)C2(O)OC2CC3(C)C4CCC5C(C)(C)C(OC6OCC(O)C(O)C6OC(=O)CC(=O)O)CCC56CC46CCC3(C)C21. The number of carboxylic acids is 1. The maximum absolute atomic E-state index is 12.3. The highest BCUT2D eigenvalue weighted by atomic mass is 16.7. The molecule has 3 heterocycles. The average Bonchev–Trinajstić information content (AvgIpc) is 3.56. The van der Waals surface area contributed by atoms with Crippen molar-refractivity contribution in [1.82, 2.24) is 0 Å². The lowest BCUT2D eigenvalue weighted by Crippen LogP contribution is -2.63. The van der Waals surface area contributed by atoms with Gasteiger partial charge in [-0.2, -0.15) is 0 Å². The van der Waals surface area contributed by atoms with Gasteiger partial charge in [0.2, 0.25) is 5.79 Å². The van der Waals surface area contributed by atoms with Crippen LogP contribution in [0.4, 0.5) is 0 Å². The molecule has 2 spiro atoms. The second kappa shape index (κ2) is 10.9. The fourth-order valence-electron chi connectivity index (χ4n) is 14.4. The molecule has 12 heteroatoms. The van der Waals surface area contributed by atoms with Gasteiger partial charge >= 0.3 is 11.9 Å². The second-order valence-corrected chi connectivity index (χ2v) is 19.3. The van der Waals surface area contributed by atoms with E-state index in [1.54, 1.807) is 0 Å². The Bertz CT molecular complexity index is 1430. The van der Waals surface area contributed by atoms with Gasteiger partial charge in [-0.05, 0) is 116 Å². The Hall–Kier alpha value is -1.38. The topological polar surface area (TPSA) is 181 Å². The Morgan fingerprint density at radius 2 is 1.56 bits per heavy atom. The van der Waals surface area contributed by atoms with Crippen LogP contribution < -0.4 is 0 Å². The van der Waals surface area contributed by atoms with Crippen LogP contribution in [0.2, 0.25) is 0 Å². The molecule has 12 nitrogen and oxygen atoms in total. The molecular weight excluding hydrogens is 648 g/mol. The molecule has 5 saturated carbocycles. The number of hydrogen-bond donors (Lipinski definition) is 5. The molecule has 50 heavy (non-hydrogen) atoms. The Labute approximate surface area is 294 Å². The Balaban J connectivity index is 1.02. The van der Waals surface area contributed by atoms with E-state index in [1.807, 2.05) is 13.8 Å². The zero-order valence-electron chi connectivity index (χ0n) is 30.6. The molecule has 8 aliphatic rings. The van der Waals surface area contributed by atoms with E-state index in [0.29, 0.717) is 11.8 Å². The van der Waals surface area contributed by atoms with Crippen LogP contribution in [-0.4, -0.2) is 104 Å². The third-order valence-corrected chi connectivity index (χ3v) is 16.6. The fraction of sp³-hybridized carbons (Fsp3) is 0.947. The van der Waals surface area contributed by atoms with Crippen molar-refractivity contribution >= 4 is 11.9 Å². The first-order chi connectivity index (χ1) is 23.2. The molecule has 282 valence electrons. The van der Waals surface area contributed by atoms with Crippen LogP contribution in [0.25, 0.3) is 0 Å². The molecule has 17 unspecified atom stereocenters. The van der Waals surface area contributed by atoms with Crippen molar-refractivity contribution in [1.29, 1.82) is 0 Å². The van der Waals surface area contributed by atoms with Crippen molar-refractivity contribution in [2.45, 2.75) is 167 Å². The summed E-state index contributed by atoms with van der Waals surface area (Å²) in [6.07, 6.45) is -0.0475. The van der Waals surface area contributed by atoms with E-state index in [2.05, 4.69) is 34.6 Å². The maximum atomic E-state index is 12.3. The lowest BCUT2D eigenvalue weighted by atomic mass is 9.41. The minimum atomic E-state index is -1.72. The van der Waals surface area contributed by atoms with E-state index in [0.717, 1.165) is 44.9 Å². The van der Waals surface area contributed by atoms with E-state index in [1.165, 1.54) is 6.42 Å². The number of fused-ring (bicyclic) bond motifs is 5. The fourth-order valence-corrected chi connectivity index (χ4v) is 14.4. The van der Waals surface area contributed by atoms with Crippen LogP contribution in [0, 0.1) is 50.7 Å². The van der Waals surface area contributed by atoms with Crippen LogP contribution >= 0.6 is 0 Å². The summed E-state index contributed by atoms with van der Waals surface area (Å²) >= 11 is 0. The highest BCUT2D eigenvalue weighted by molar-refractivity contribution is 5.90. The molecule has 5 N–H and O–H groups in total. The highest BCUT2D eigenvalue weighted by Crippen LogP contribution is 2.89. The molecule has 8 rings (SSSR count). The molecule has 3 saturated heterocycles. The first-order valence-corrected chi connectivity index (χ1v) is 19.0. The van der Waals surface area contributed by atoms with Crippen LogP contribution in [0.5, 0.6) is 0 Å². The lowest BCUT2D eigenvalue weighted by molar-refractivity contribution is -0.327. The summed E-state index contributed by atoms with van der Waals surface area (Å²) in [5.41, 5.74) is -0.772. The van der Waals surface area contributed by atoms with Crippen molar-refractivity contribution < 1.29 is 58.8 Å². The molecular formula is C38H58O12. The van der Waals surface area contributed by atoms with E-state index >= 15 is 0 Å². The summed E-state index contributed by atoms with van der Waals surface area (Å²) in [6.45, 7) is 15.1. The summed E-state index contributed by atoms with van der Waals surface area (Å²) in [7, 11) is 0. The normalized spacial score (nSPS) is 56.9. The molecule has 0 aromatic rings. The molecule has 8 fully saturated rings. The predicted molar refractivity (Wildman–Crippen MR) is 175 cm³/mol. The van der Waals surface area contributed by atoms with Crippen molar-refractivity contribution in [2.75, 3.05) is 6.61 Å². The summed E-state index contributed by atoms with van der Waals surface area (Å²) in [6, 6.07) is 0. The van der Waals surface area contributed by atoms with Gasteiger partial charge in [-0.25, -0.2) is 0 Å². The molecule has 0 aromatic carbocycles. The number of ether oxygens (including phenoxy) is 5. The van der Waals surface area contributed by atoms with Gasteiger partial charge in [-0.15, -0.1) is 0 Å². The maximum Gasteiger partial charge on any atom is 0.317 e. The number of carboxylic acid groups (broad SMARTS) is 1. The standard InChI is InChI=1S/C38H58O12/c1-18-26-20(49-38(45)29(18)50-33(4,5)31(38)44)15-35(7)22-9-8-21-32(2,3)23(10-11-36(21)17-37(22,36)13-12-34(26,35)6)47-30-28(27(43)19(39)16-46-30)48-25(42)14-24(40)41/h18-23,26-31,39,43-45H,8-17H2,1-7H3,(H,40,41). The average molecular weight is 707 g/mol. The number of aliphatic hydroxyl groups is 4. The summed E-state index contributed by atoms with van der Waals surface area (Å²) < 4.78 is 30.7. The van der Waals surface area contributed by atoms with Gasteiger partial charge in [-0.1, -0.05) is 34.6 Å². The largest absolute Gasteiger partial charge is 0.481 e. The highest BCUT2D eigenvalue weighted by Gasteiger charge is 2.84. The van der Waals surface area contributed by atoms with Gasteiger partial charge < -0.3 is 49.2 Å². The van der Waals surface area contributed by atoms with E-state index in [4.69, 9.17) is 28.8 Å².